The Morgan fingerprint density at radius 3 is 1.05 bits per heavy atom. The molecule has 0 aromatic heterocycles. The van der Waals surface area contributed by atoms with Crippen LogP contribution in [0.4, 0.5) is 0 Å². The molecule has 0 N–H and O–H groups in total. The minimum atomic E-state index is -2.35. The molecule has 202 valence electrons. The van der Waals surface area contributed by atoms with E-state index in [2.05, 4.69) is 176 Å². The quantitative estimate of drug-likeness (QED) is 0.174. The Hall–Kier alpha value is -3.56. The Labute approximate surface area is 255 Å². The predicted octanol–water partition coefficient (Wildman–Crippen LogP) is 7.73. The zero-order valence-electron chi connectivity index (χ0n) is 23.0. The van der Waals surface area contributed by atoms with E-state index >= 15 is 0 Å². The van der Waals surface area contributed by atoms with Crippen molar-refractivity contribution in [2.24, 2.45) is 0 Å². The second-order valence-electron chi connectivity index (χ2n) is 10.3. The van der Waals surface area contributed by atoms with Gasteiger partial charge in [-0.05, 0) is 44.5 Å². The fraction of sp³-hybridized carbons (Fsp3) is 0. The van der Waals surface area contributed by atoms with Crippen molar-refractivity contribution in [3.05, 3.63) is 187 Å². The van der Waals surface area contributed by atoms with Crippen molar-refractivity contribution in [1.29, 1.82) is 0 Å². The zero-order chi connectivity index (χ0) is 28.4. The van der Waals surface area contributed by atoms with Gasteiger partial charge in [0.2, 0.25) is 0 Å². The van der Waals surface area contributed by atoms with Gasteiger partial charge in [-0.15, -0.1) is 0 Å². The number of hydrogen-bond acceptors (Lipinski definition) is 1. The van der Waals surface area contributed by atoms with Gasteiger partial charge < -0.3 is 0 Å². The second kappa shape index (κ2) is 11.6. The Kier molecular flexibility index (Phi) is 7.54. The van der Waals surface area contributed by atoms with Crippen LogP contribution in [0.25, 0.3) is 0 Å². The summed E-state index contributed by atoms with van der Waals surface area (Å²) < 4.78 is 0. The maximum atomic E-state index is 6.96. The van der Waals surface area contributed by atoms with E-state index in [0.29, 0.717) is 0 Å². The fourth-order valence-electron chi connectivity index (χ4n) is 6.03. The van der Waals surface area contributed by atoms with Crippen LogP contribution in [0.1, 0.15) is 11.1 Å². The van der Waals surface area contributed by atoms with E-state index in [9.17, 15) is 0 Å². The van der Waals surface area contributed by atoms with Crippen LogP contribution in [0.5, 0.6) is 0 Å². The van der Waals surface area contributed by atoms with Crippen molar-refractivity contribution < 1.29 is 0 Å². The molecule has 0 saturated carbocycles. The average Bonchev–Trinajstić information content (AvgIpc) is 3.47. The first-order chi connectivity index (χ1) is 20.7. The zero-order valence-corrected chi connectivity index (χ0v) is 26.5. The van der Waals surface area contributed by atoms with Gasteiger partial charge in [0.1, 0.15) is 0 Å². The summed E-state index contributed by atoms with van der Waals surface area (Å²) in [6.45, 7) is -2.27. The molecule has 1 heterocycles. The first-order valence-corrected chi connectivity index (χ1v) is 19.6. The van der Waals surface area contributed by atoms with Gasteiger partial charge in [-0.1, -0.05) is 196 Å². The molecule has 42 heavy (non-hydrogen) atoms. The Morgan fingerprint density at radius 2 is 0.667 bits per heavy atom. The van der Waals surface area contributed by atoms with Crippen LogP contribution in [0.2, 0.25) is 0 Å². The molecule has 6 aromatic rings. The topological polar surface area (TPSA) is 0 Å². The number of benzene rings is 6. The number of hydrogen-bond donors (Lipinski definition) is 0. The van der Waals surface area contributed by atoms with Gasteiger partial charge in [-0.25, -0.2) is 0 Å². The van der Waals surface area contributed by atoms with Gasteiger partial charge in [0, 0.05) is 16.1 Å². The monoisotopic (exact) mass is 610 g/mol. The van der Waals surface area contributed by atoms with E-state index in [-0.39, 0.29) is 0 Å². The largest absolute Gasteiger partial charge is 0.0822 e. The first kappa shape index (κ1) is 27.3. The lowest BCUT2D eigenvalue weighted by Gasteiger charge is -2.31. The molecule has 1 aliphatic rings. The molecule has 0 spiro atoms. The minimum Gasteiger partial charge on any atom is -0.0822 e. The van der Waals surface area contributed by atoms with Crippen LogP contribution in [-0.4, -0.2) is 10.1 Å². The molecule has 0 aliphatic carbocycles. The number of rotatable bonds is 6. The summed E-state index contributed by atoms with van der Waals surface area (Å²) in [7, 11) is 1.22. The molecule has 0 saturated heterocycles. The molecule has 0 nitrogen and oxygen atoms in total. The van der Waals surface area contributed by atoms with Crippen LogP contribution < -0.4 is 26.5 Å². The third-order valence-corrected chi connectivity index (χ3v) is 20.4. The van der Waals surface area contributed by atoms with E-state index in [0.717, 1.165) is 0 Å². The van der Waals surface area contributed by atoms with Gasteiger partial charge in [0.25, 0.3) is 0 Å². The molecule has 0 atom stereocenters. The van der Waals surface area contributed by atoms with Gasteiger partial charge in [-0.3, -0.25) is 0 Å². The predicted molar refractivity (Wildman–Crippen MR) is 193 cm³/mol. The van der Waals surface area contributed by atoms with E-state index in [4.69, 9.17) is 11.8 Å². The van der Waals surface area contributed by atoms with Crippen LogP contribution in [0.15, 0.2) is 176 Å². The lowest BCUT2D eigenvalue weighted by atomic mass is 10.1. The van der Waals surface area contributed by atoms with Crippen molar-refractivity contribution in [3.8, 4) is 0 Å². The summed E-state index contributed by atoms with van der Waals surface area (Å²) in [5.41, 5.74) is 2.64. The summed E-state index contributed by atoms with van der Waals surface area (Å²) >= 11 is 6.96. The maximum Gasteiger partial charge on any atom is 0.0429 e. The number of fused-ring (bicyclic) bond motifs is 1. The average molecular weight is 611 g/mol. The summed E-state index contributed by atoms with van der Waals surface area (Å²) in [5, 5.41) is 9.43. The van der Waals surface area contributed by atoms with E-state index in [1.54, 1.807) is 0 Å². The molecule has 0 radical (unpaired) electrons. The highest BCUT2D eigenvalue weighted by atomic mass is 32.4. The molecular weight excluding hydrogens is 581 g/mol. The van der Waals surface area contributed by atoms with Gasteiger partial charge in [0.15, 0.2) is 0 Å². The molecule has 0 amide bonds. The lowest BCUT2D eigenvalue weighted by molar-refractivity contribution is 1.66. The smallest absolute Gasteiger partial charge is 0.0429 e. The van der Waals surface area contributed by atoms with Gasteiger partial charge in [-0.2, -0.15) is 0 Å². The van der Waals surface area contributed by atoms with Gasteiger partial charge in [0.05, 0.1) is 0 Å². The molecular formula is C38H29P3S. The highest BCUT2D eigenvalue weighted by molar-refractivity contribution is 8.33. The normalized spacial score (nSPS) is 13.3. The Bertz CT molecular complexity index is 1840. The Balaban J connectivity index is 1.69. The fourth-order valence-corrected chi connectivity index (χ4v) is 18.5. The molecule has 0 unspecified atom stereocenters. The van der Waals surface area contributed by atoms with Crippen LogP contribution in [0.3, 0.4) is 0 Å². The summed E-state index contributed by atoms with van der Waals surface area (Å²) in [6, 6.07) is 61.9. The van der Waals surface area contributed by atoms with Crippen molar-refractivity contribution in [2.75, 3.05) is 0 Å². The summed E-state index contributed by atoms with van der Waals surface area (Å²) in [6.07, 6.45) is 0. The van der Waals surface area contributed by atoms with Crippen molar-refractivity contribution >= 4 is 69.5 Å². The van der Waals surface area contributed by atoms with Crippen molar-refractivity contribution in [3.63, 3.8) is 0 Å². The van der Waals surface area contributed by atoms with Crippen molar-refractivity contribution in [2.45, 2.75) is 0 Å². The lowest BCUT2D eigenvalue weighted by Crippen LogP contribution is -2.29. The molecule has 6 aromatic carbocycles. The van der Waals surface area contributed by atoms with Crippen LogP contribution in [0, 0.1) is 0 Å². The third-order valence-electron chi connectivity index (χ3n) is 7.91. The highest BCUT2D eigenvalue weighted by Crippen LogP contribution is 2.59. The third kappa shape index (κ3) is 4.45. The van der Waals surface area contributed by atoms with Gasteiger partial charge >= 0.3 is 0 Å². The highest BCUT2D eigenvalue weighted by Gasteiger charge is 2.38. The van der Waals surface area contributed by atoms with E-state index in [1.807, 2.05) is 0 Å². The standard InChI is InChI=1S/C38H29P3S/c42-41(33-24-12-4-13-25-33,34-26-14-5-15-27-34)38-36-29-17-16-28-35(36)37(39-38)40(30-18-6-1-7-19-30,31-20-8-2-9-21-31)32-22-10-3-11-23-32/h1-29H. The molecule has 0 fully saturated rings. The van der Waals surface area contributed by atoms with Crippen LogP contribution >= 0.6 is 21.1 Å². The molecule has 1 aliphatic heterocycles. The van der Waals surface area contributed by atoms with E-state index < -0.39 is 12.9 Å². The first-order valence-electron chi connectivity index (χ1n) is 14.1. The Morgan fingerprint density at radius 1 is 0.357 bits per heavy atom. The summed E-state index contributed by atoms with van der Waals surface area (Å²) in [4.78, 5) is 0. The molecule has 7 rings (SSSR count). The molecule has 4 heteroatoms. The SMILES string of the molecule is S=P(C1=PC(=P(c2ccccc2)(c2ccccc2)c2ccccc2)c2ccccc21)(c1ccccc1)c1ccccc1. The summed E-state index contributed by atoms with van der Waals surface area (Å²) in [5.74, 6) is 0. The van der Waals surface area contributed by atoms with Crippen molar-refractivity contribution in [1.82, 2.24) is 0 Å². The molecule has 0 bridgehead atoms. The van der Waals surface area contributed by atoms with E-state index in [1.165, 1.54) is 55.9 Å². The minimum absolute atomic E-state index is 1.22. The van der Waals surface area contributed by atoms with Crippen LogP contribution in [-0.2, 0) is 11.8 Å². The maximum absolute atomic E-state index is 6.96. The second-order valence-corrected chi connectivity index (χ2v) is 19.8.